The van der Waals surface area contributed by atoms with Crippen LogP contribution in [0.1, 0.15) is 22.3 Å². The molecule has 0 saturated heterocycles. The molecule has 2 aromatic carbocycles. The Bertz CT molecular complexity index is 969. The van der Waals surface area contributed by atoms with Crippen LogP contribution in [0.5, 0.6) is 0 Å². The molecule has 0 unspecified atom stereocenters. The Morgan fingerprint density at radius 3 is 2.57 bits per heavy atom. The molecule has 0 spiro atoms. The Morgan fingerprint density at radius 1 is 1.07 bits per heavy atom. The molecule has 0 aromatic heterocycles. The topological polar surface area (TPSA) is 35.6 Å². The van der Waals surface area contributed by atoms with Crippen molar-refractivity contribution in [1.82, 2.24) is 15.1 Å². The van der Waals surface area contributed by atoms with E-state index in [1.54, 1.807) is 18.2 Å². The van der Waals surface area contributed by atoms with Crippen molar-refractivity contribution in [3.8, 4) is 0 Å². The van der Waals surface area contributed by atoms with E-state index in [0.717, 1.165) is 45.8 Å². The minimum absolute atomic E-state index is 0.0282. The zero-order valence-corrected chi connectivity index (χ0v) is 16.2. The van der Waals surface area contributed by atoms with E-state index in [1.807, 2.05) is 18.3 Å². The molecule has 0 fully saturated rings. The molecule has 0 aliphatic carbocycles. The summed E-state index contributed by atoms with van der Waals surface area (Å²) in [5.74, 6) is -2.04. The summed E-state index contributed by atoms with van der Waals surface area (Å²) >= 11 is 0. The van der Waals surface area contributed by atoms with Crippen molar-refractivity contribution in [2.24, 2.45) is 0 Å². The zero-order valence-electron chi connectivity index (χ0n) is 16.2. The first-order valence-corrected chi connectivity index (χ1v) is 9.72. The molecule has 4 nitrogen and oxygen atoms in total. The average Bonchev–Trinajstić information content (AvgIpc) is 3.20. The van der Waals surface area contributed by atoms with Gasteiger partial charge in [0.15, 0.2) is 0 Å². The van der Waals surface area contributed by atoms with Crippen molar-refractivity contribution in [3.63, 3.8) is 0 Å². The summed E-state index contributed by atoms with van der Waals surface area (Å²) in [4.78, 5) is 14.5. The molecule has 2 aliphatic heterocycles. The Kier molecular flexibility index (Phi) is 5.40. The highest BCUT2D eigenvalue weighted by molar-refractivity contribution is 5.82. The second-order valence-electron chi connectivity index (χ2n) is 7.49. The smallest absolute Gasteiger partial charge is 0.372 e. The van der Waals surface area contributed by atoms with E-state index >= 15 is 0 Å². The number of halogens is 4. The van der Waals surface area contributed by atoms with Crippen molar-refractivity contribution in [3.05, 3.63) is 76.7 Å². The number of nitrogens with one attached hydrogen (secondary N) is 1. The number of fused-ring (bicyclic) bond motifs is 1. The number of nitrogens with zero attached hydrogens (tertiary/aromatic N) is 2. The van der Waals surface area contributed by atoms with Gasteiger partial charge in [-0.1, -0.05) is 24.3 Å². The molecule has 0 saturated carbocycles. The summed E-state index contributed by atoms with van der Waals surface area (Å²) in [5, 5.41) is 3.21. The highest BCUT2D eigenvalue weighted by Crippen LogP contribution is 2.29. The largest absolute Gasteiger partial charge is 0.471 e. The van der Waals surface area contributed by atoms with E-state index in [2.05, 4.69) is 10.2 Å². The lowest BCUT2D eigenvalue weighted by molar-refractivity contribution is -0.186. The van der Waals surface area contributed by atoms with Gasteiger partial charge >= 0.3 is 12.1 Å². The SMILES string of the molecule is O=C(N1CCc2cc(C3=CNCN3CCc3ccc(F)cc3)ccc2C1)C(F)(F)F. The van der Waals surface area contributed by atoms with Crippen LogP contribution < -0.4 is 5.32 Å². The van der Waals surface area contributed by atoms with Gasteiger partial charge in [-0.15, -0.1) is 0 Å². The Labute approximate surface area is 171 Å². The number of benzene rings is 2. The van der Waals surface area contributed by atoms with Crippen molar-refractivity contribution in [1.29, 1.82) is 0 Å². The first-order valence-electron chi connectivity index (χ1n) is 9.72. The van der Waals surface area contributed by atoms with Crippen LogP contribution in [-0.4, -0.2) is 41.6 Å². The van der Waals surface area contributed by atoms with Gasteiger partial charge in [0, 0.05) is 25.8 Å². The van der Waals surface area contributed by atoms with Crippen LogP contribution in [0.3, 0.4) is 0 Å². The fraction of sp³-hybridized carbons (Fsp3) is 0.318. The molecular formula is C22H21F4N3O. The van der Waals surface area contributed by atoms with Gasteiger partial charge in [0.05, 0.1) is 12.4 Å². The number of hydrogen-bond donors (Lipinski definition) is 1. The number of carbonyl (C=O) groups excluding carboxylic acids is 1. The quantitative estimate of drug-likeness (QED) is 0.769. The fourth-order valence-electron chi connectivity index (χ4n) is 3.87. The van der Waals surface area contributed by atoms with Crippen molar-refractivity contribution < 1.29 is 22.4 Å². The summed E-state index contributed by atoms with van der Waals surface area (Å²) in [6.07, 6.45) is -1.77. The lowest BCUT2D eigenvalue weighted by Gasteiger charge is -2.30. The van der Waals surface area contributed by atoms with Crippen LogP contribution in [0, 0.1) is 5.82 Å². The molecule has 1 amide bonds. The second-order valence-corrected chi connectivity index (χ2v) is 7.49. The minimum Gasteiger partial charge on any atom is -0.372 e. The molecule has 0 atom stereocenters. The van der Waals surface area contributed by atoms with Gasteiger partial charge in [0.25, 0.3) is 0 Å². The van der Waals surface area contributed by atoms with Crippen LogP contribution >= 0.6 is 0 Å². The second kappa shape index (κ2) is 8.01. The van der Waals surface area contributed by atoms with E-state index in [0.29, 0.717) is 13.1 Å². The van der Waals surface area contributed by atoms with Gasteiger partial charge in [-0.05, 0) is 53.3 Å². The number of hydrogen-bond acceptors (Lipinski definition) is 3. The molecule has 8 heteroatoms. The fourth-order valence-corrected chi connectivity index (χ4v) is 3.87. The van der Waals surface area contributed by atoms with Gasteiger partial charge in [0.1, 0.15) is 5.82 Å². The summed E-state index contributed by atoms with van der Waals surface area (Å²) in [6.45, 7) is 1.43. The molecule has 1 N–H and O–H groups in total. The summed E-state index contributed by atoms with van der Waals surface area (Å²) in [7, 11) is 0. The predicted octanol–water partition coefficient (Wildman–Crippen LogP) is 3.68. The first-order chi connectivity index (χ1) is 14.3. The lowest BCUT2D eigenvalue weighted by atomic mass is 9.96. The molecule has 30 heavy (non-hydrogen) atoms. The Morgan fingerprint density at radius 2 is 1.83 bits per heavy atom. The number of carbonyl (C=O) groups is 1. The lowest BCUT2D eigenvalue weighted by Crippen LogP contribution is -2.43. The van der Waals surface area contributed by atoms with Gasteiger partial charge in [0.2, 0.25) is 0 Å². The van der Waals surface area contributed by atoms with Crippen LogP contribution in [0.4, 0.5) is 17.6 Å². The first kappa shape index (κ1) is 20.3. The Hall–Kier alpha value is -3.03. The predicted molar refractivity (Wildman–Crippen MR) is 104 cm³/mol. The molecule has 4 rings (SSSR count). The van der Waals surface area contributed by atoms with E-state index < -0.39 is 12.1 Å². The molecule has 2 aliphatic rings. The number of amides is 1. The maximum Gasteiger partial charge on any atom is 0.471 e. The highest BCUT2D eigenvalue weighted by Gasteiger charge is 2.43. The van der Waals surface area contributed by atoms with E-state index in [-0.39, 0.29) is 18.9 Å². The zero-order chi connectivity index (χ0) is 21.3. The van der Waals surface area contributed by atoms with Crippen LogP contribution in [-0.2, 0) is 24.2 Å². The summed E-state index contributed by atoms with van der Waals surface area (Å²) in [5.41, 5.74) is 4.74. The molecule has 2 heterocycles. The van der Waals surface area contributed by atoms with Crippen molar-refractivity contribution in [2.45, 2.75) is 25.6 Å². The maximum absolute atomic E-state index is 13.1. The van der Waals surface area contributed by atoms with Gasteiger partial charge in [-0.3, -0.25) is 4.79 Å². The standard InChI is InChI=1S/C22H21F4N3O/c23-19-5-1-15(2-6-19)7-9-29-14-27-12-20(29)17-3-4-18-13-28(10-8-16(18)11-17)21(30)22(24,25)26/h1-6,11-12,27H,7-10,13-14H2. The monoisotopic (exact) mass is 419 g/mol. The van der Waals surface area contributed by atoms with Crippen LogP contribution in [0.15, 0.2) is 48.7 Å². The highest BCUT2D eigenvalue weighted by atomic mass is 19.4. The molecule has 0 bridgehead atoms. The normalized spacial score (nSPS) is 16.2. The molecular weight excluding hydrogens is 398 g/mol. The van der Waals surface area contributed by atoms with E-state index in [1.165, 1.54) is 12.1 Å². The maximum atomic E-state index is 13.1. The van der Waals surface area contributed by atoms with Crippen LogP contribution in [0.25, 0.3) is 5.70 Å². The third-order valence-corrected chi connectivity index (χ3v) is 5.49. The number of alkyl halides is 3. The third-order valence-electron chi connectivity index (χ3n) is 5.49. The molecule has 158 valence electrons. The van der Waals surface area contributed by atoms with Crippen molar-refractivity contribution >= 4 is 11.6 Å². The van der Waals surface area contributed by atoms with Crippen LogP contribution in [0.2, 0.25) is 0 Å². The van der Waals surface area contributed by atoms with E-state index in [4.69, 9.17) is 0 Å². The summed E-state index contributed by atoms with van der Waals surface area (Å²) < 4.78 is 51.2. The third kappa shape index (κ3) is 4.27. The van der Waals surface area contributed by atoms with Crippen molar-refractivity contribution in [2.75, 3.05) is 19.8 Å². The molecule has 0 radical (unpaired) electrons. The van der Waals surface area contributed by atoms with E-state index in [9.17, 15) is 22.4 Å². The minimum atomic E-state index is -4.84. The number of rotatable bonds is 4. The van der Waals surface area contributed by atoms with Gasteiger partial charge < -0.3 is 15.1 Å². The Balaban J connectivity index is 1.44. The van der Waals surface area contributed by atoms with Gasteiger partial charge in [-0.25, -0.2) is 4.39 Å². The average molecular weight is 419 g/mol. The molecule has 2 aromatic rings. The van der Waals surface area contributed by atoms with Gasteiger partial charge in [-0.2, -0.15) is 13.2 Å². The summed E-state index contributed by atoms with van der Waals surface area (Å²) in [6, 6.07) is 12.1.